The molecule has 11 aromatic rings. The monoisotopic (exact) mass is 680 g/mol. The Morgan fingerprint density at radius 2 is 0.588 bits per heavy atom. The summed E-state index contributed by atoms with van der Waals surface area (Å²) in [7, 11) is 0. The maximum Gasteiger partial charge on any atom is 0.0652 e. The van der Waals surface area contributed by atoms with E-state index in [1.807, 2.05) is 0 Å². The van der Waals surface area contributed by atoms with Crippen molar-refractivity contribution in [2.24, 2.45) is 0 Å². The van der Waals surface area contributed by atoms with Crippen molar-refractivity contribution in [3.05, 3.63) is 187 Å². The van der Waals surface area contributed by atoms with Gasteiger partial charge in [0.2, 0.25) is 0 Å². The highest BCUT2D eigenvalue weighted by molar-refractivity contribution is 6.14. The van der Waals surface area contributed by atoms with E-state index in [9.17, 15) is 15.1 Å². The smallest absolute Gasteiger partial charge is 0.0652 e. The lowest BCUT2D eigenvalue weighted by molar-refractivity contribution is 1.17. The molecule has 3 nitrogen and oxygen atoms in total. The predicted molar refractivity (Wildman–Crippen MR) is 215 cm³/mol. The summed E-state index contributed by atoms with van der Waals surface area (Å²) in [4.78, 5) is 0. The van der Waals surface area contributed by atoms with E-state index in [0.717, 1.165) is 9.13 Å². The normalized spacial score (nSPS) is 20.4. The molecule has 0 aliphatic carbocycles. The van der Waals surface area contributed by atoms with Gasteiger partial charge in [0.1, 0.15) is 0 Å². The van der Waals surface area contributed by atoms with E-state index in [1.165, 1.54) is 0 Å². The van der Waals surface area contributed by atoms with E-state index in [0.29, 0.717) is 4.57 Å². The fraction of sp³-hybridized carbons (Fsp3) is 0. The first kappa shape index (κ1) is 11.3. The summed E-state index contributed by atoms with van der Waals surface area (Å²) < 4.78 is 282. The molecular formula is C48H31N3. The quantitative estimate of drug-likeness (QED) is 0.176. The van der Waals surface area contributed by atoms with Gasteiger partial charge in [0.15, 0.2) is 0 Å². The Balaban J connectivity index is 1.35. The molecule has 11 rings (SSSR count). The summed E-state index contributed by atoms with van der Waals surface area (Å²) in [5.41, 5.74) is -8.05. The lowest BCUT2D eigenvalue weighted by Gasteiger charge is -2.11. The van der Waals surface area contributed by atoms with Crippen molar-refractivity contribution in [2.75, 3.05) is 0 Å². The van der Waals surface area contributed by atoms with Gasteiger partial charge in [-0.25, -0.2) is 0 Å². The van der Waals surface area contributed by atoms with Gasteiger partial charge in [-0.1, -0.05) is 103 Å². The fourth-order valence-electron chi connectivity index (χ4n) is 6.28. The highest BCUT2D eigenvalue weighted by Crippen LogP contribution is 2.40. The van der Waals surface area contributed by atoms with E-state index >= 15 is 0 Å². The van der Waals surface area contributed by atoms with Crippen molar-refractivity contribution in [3.8, 4) is 28.2 Å². The van der Waals surface area contributed by atoms with Gasteiger partial charge in [0, 0.05) is 49.4 Å². The van der Waals surface area contributed by atoms with Crippen molar-refractivity contribution in [3.63, 3.8) is 0 Å². The van der Waals surface area contributed by atoms with Gasteiger partial charge < -0.3 is 13.7 Å². The standard InChI is InChI=1S/C48H31N3/c1-3-13-34(14-4-1)49-43-20-10-7-17-37(43)40-29-32(23-26-46(40)49)33-24-27-47-41(30-33)38-18-8-12-22-45(38)51(47)36-25-28-48-42(31-36)39-19-9-11-21-44(39)50(48)35-15-5-2-6-16-35/h1-31H/i1D,2D,3D,4D,5D,6D,7D,8D,9D,10D,11D,12D,13D,14D,15D,16D,17D,18D,19D,20D,21D,22D,23D,24D,25D,26D,27D,28D,29D,30D,31D. The zero-order chi connectivity index (χ0) is 60.4. The Labute approximate surface area is 338 Å². The Bertz CT molecular complexity index is 4880. The van der Waals surface area contributed by atoms with Gasteiger partial charge in [-0.15, -0.1) is 0 Å². The van der Waals surface area contributed by atoms with Gasteiger partial charge in [0.25, 0.3) is 0 Å². The number of benzene rings is 8. The molecule has 3 aromatic heterocycles. The maximum atomic E-state index is 9.95. The molecule has 0 atom stereocenters. The molecule has 0 N–H and O–H groups in total. The molecule has 3 heteroatoms. The van der Waals surface area contributed by atoms with Crippen LogP contribution in [0.3, 0.4) is 0 Å². The maximum absolute atomic E-state index is 9.95. The number of nitrogens with zero attached hydrogens (tertiary/aromatic N) is 3. The highest BCUT2D eigenvalue weighted by Gasteiger charge is 2.18. The van der Waals surface area contributed by atoms with Crippen LogP contribution >= 0.6 is 0 Å². The van der Waals surface area contributed by atoms with Gasteiger partial charge in [-0.05, 0) is 95.7 Å². The largest absolute Gasteiger partial charge is 0.309 e. The van der Waals surface area contributed by atoms with Crippen molar-refractivity contribution in [2.45, 2.75) is 0 Å². The lowest BCUT2D eigenvalue weighted by Crippen LogP contribution is -1.95. The van der Waals surface area contributed by atoms with Crippen LogP contribution in [0.4, 0.5) is 0 Å². The molecule has 8 aromatic carbocycles. The van der Waals surface area contributed by atoms with Crippen LogP contribution in [0.5, 0.6) is 0 Å². The lowest BCUT2D eigenvalue weighted by atomic mass is 10.0. The van der Waals surface area contributed by atoms with Gasteiger partial charge >= 0.3 is 0 Å². The Kier molecular flexibility index (Phi) is 2.41. The number of para-hydroxylation sites is 5. The summed E-state index contributed by atoms with van der Waals surface area (Å²) in [6.45, 7) is 0. The van der Waals surface area contributed by atoms with E-state index in [4.69, 9.17) is 27.4 Å². The van der Waals surface area contributed by atoms with Gasteiger partial charge in [0.05, 0.1) is 75.6 Å². The summed E-state index contributed by atoms with van der Waals surface area (Å²) in [5, 5.41) is -3.73. The van der Waals surface area contributed by atoms with Crippen LogP contribution < -0.4 is 0 Å². The Morgan fingerprint density at radius 1 is 0.255 bits per heavy atom. The first-order valence-electron chi connectivity index (χ1n) is 30.5. The Morgan fingerprint density at radius 3 is 1.04 bits per heavy atom. The first-order valence-corrected chi connectivity index (χ1v) is 15.0. The van der Waals surface area contributed by atoms with Crippen LogP contribution in [0, 0.1) is 0 Å². The van der Waals surface area contributed by atoms with Crippen LogP contribution in [-0.4, -0.2) is 13.7 Å². The minimum Gasteiger partial charge on any atom is -0.309 e. The molecule has 0 amide bonds. The van der Waals surface area contributed by atoms with Crippen molar-refractivity contribution < 1.29 is 42.5 Å². The molecule has 0 saturated carbocycles. The number of aromatic nitrogens is 3. The van der Waals surface area contributed by atoms with Crippen LogP contribution in [0.25, 0.3) is 93.6 Å². The summed E-state index contributed by atoms with van der Waals surface area (Å²) in [6.07, 6.45) is 0. The average Bonchev–Trinajstić information content (AvgIpc) is 1.79. The summed E-state index contributed by atoms with van der Waals surface area (Å²) >= 11 is 0. The number of hydrogen-bond donors (Lipinski definition) is 0. The number of hydrogen-bond acceptors (Lipinski definition) is 0. The highest BCUT2D eigenvalue weighted by atomic mass is 15.0. The van der Waals surface area contributed by atoms with Gasteiger partial charge in [-0.2, -0.15) is 0 Å². The molecule has 0 fully saturated rings. The number of rotatable bonds is 4. The van der Waals surface area contributed by atoms with Crippen LogP contribution in [-0.2, 0) is 0 Å². The third-order valence-corrected chi connectivity index (χ3v) is 8.35. The molecule has 0 aliphatic rings. The van der Waals surface area contributed by atoms with E-state index in [1.54, 1.807) is 0 Å². The van der Waals surface area contributed by atoms with Crippen molar-refractivity contribution in [1.82, 2.24) is 13.7 Å². The van der Waals surface area contributed by atoms with Gasteiger partial charge in [-0.3, -0.25) is 0 Å². The second kappa shape index (κ2) is 10.8. The minimum atomic E-state index is -1.09. The molecule has 0 bridgehead atoms. The fourth-order valence-corrected chi connectivity index (χ4v) is 6.28. The van der Waals surface area contributed by atoms with E-state index < -0.39 is 281 Å². The Hall–Kier alpha value is -6.84. The molecule has 3 heterocycles. The minimum absolute atomic E-state index is 0.575. The zero-order valence-electron chi connectivity index (χ0n) is 56.3. The molecule has 51 heavy (non-hydrogen) atoms. The first-order chi connectivity index (χ1) is 38.2. The predicted octanol–water partition coefficient (Wildman–Crippen LogP) is 12.6. The second-order valence-electron chi connectivity index (χ2n) is 11.0. The van der Waals surface area contributed by atoms with E-state index in [-0.39, 0.29) is 0 Å². The third kappa shape index (κ3) is 4.12. The van der Waals surface area contributed by atoms with Crippen LogP contribution in [0.1, 0.15) is 42.5 Å². The zero-order valence-corrected chi connectivity index (χ0v) is 25.3. The second-order valence-corrected chi connectivity index (χ2v) is 11.0. The molecule has 0 spiro atoms. The third-order valence-electron chi connectivity index (χ3n) is 8.35. The van der Waals surface area contributed by atoms with Crippen molar-refractivity contribution >= 4 is 65.4 Å². The number of fused-ring (bicyclic) bond motifs is 9. The topological polar surface area (TPSA) is 14.8 Å². The van der Waals surface area contributed by atoms with Crippen LogP contribution in [0.2, 0.25) is 0 Å². The molecule has 0 saturated heterocycles. The molecule has 0 aliphatic heterocycles. The molecule has 238 valence electrons. The molecular weight excluding hydrogens is 619 g/mol. The van der Waals surface area contributed by atoms with Crippen molar-refractivity contribution in [1.29, 1.82) is 0 Å². The molecule has 0 unspecified atom stereocenters. The van der Waals surface area contributed by atoms with Crippen LogP contribution in [0.15, 0.2) is 187 Å². The summed E-state index contributed by atoms with van der Waals surface area (Å²) in [5.74, 6) is 0. The van der Waals surface area contributed by atoms with E-state index in [2.05, 4.69) is 0 Å². The SMILES string of the molecule is [2H]c1c([2H])c([2H])c(-n2c3c([2H])c([2H])c([2H])c([2H])c3c3c([2H])c(-c4c([2H])c([2H])c5c(c4[2H])c4c([2H])c([2H])c([2H])c([2H])c4n5-c4c([2H])c([2H])c5c(c4[2H])c4c([2H])c([2H])c([2H])c([2H])c4n5-c4c([2H])c([2H])c([2H])c([2H])c4[2H])c([2H])c([2H])c32)c([2H])c1[2H]. The average molecular weight is 681 g/mol. The summed E-state index contributed by atoms with van der Waals surface area (Å²) in [6, 6.07) is -29.1. The molecule has 0 radical (unpaired) electrons.